The van der Waals surface area contributed by atoms with Gasteiger partial charge in [-0.3, -0.25) is 10.2 Å². The van der Waals surface area contributed by atoms with Crippen LogP contribution in [0.2, 0.25) is 0 Å². The number of nitrogens with zero attached hydrogens (tertiary/aromatic N) is 1. The van der Waals surface area contributed by atoms with Crippen LogP contribution in [-0.4, -0.2) is 10.9 Å². The summed E-state index contributed by atoms with van der Waals surface area (Å²) in [7, 11) is 0. The van der Waals surface area contributed by atoms with Gasteiger partial charge >= 0.3 is 0 Å². The molecule has 2 aromatic rings. The van der Waals surface area contributed by atoms with Crippen molar-refractivity contribution in [2.24, 2.45) is 5.84 Å². The van der Waals surface area contributed by atoms with Gasteiger partial charge in [0.25, 0.3) is 5.91 Å². The predicted molar refractivity (Wildman–Crippen MR) is 73.7 cm³/mol. The minimum atomic E-state index is -0.514. The second-order valence-electron chi connectivity index (χ2n) is 3.39. The summed E-state index contributed by atoms with van der Waals surface area (Å²) in [5, 5.41) is 0. The van der Waals surface area contributed by atoms with E-state index < -0.39 is 5.91 Å². The Bertz CT molecular complexity index is 559. The number of halogens is 1. The minimum absolute atomic E-state index is 0.104. The number of pyridine rings is 1. The van der Waals surface area contributed by atoms with Crippen molar-refractivity contribution in [1.29, 1.82) is 0 Å². The van der Waals surface area contributed by atoms with Crippen molar-refractivity contribution in [3.63, 3.8) is 0 Å². The number of carbonyl (C=O) groups is 1. The Morgan fingerprint density at radius 2 is 1.90 bits per heavy atom. The summed E-state index contributed by atoms with van der Waals surface area (Å²) in [6.45, 7) is 4.00. The number of nitrogens with one attached hydrogen (secondary N) is 1. The first kappa shape index (κ1) is 15.6. The number of ether oxygens (including phenoxy) is 1. The van der Waals surface area contributed by atoms with Gasteiger partial charge in [0, 0.05) is 6.20 Å². The fourth-order valence-corrected chi connectivity index (χ4v) is 1.34. The second-order valence-corrected chi connectivity index (χ2v) is 3.39. The first-order chi connectivity index (χ1) is 9.70. The molecule has 1 aromatic carbocycles. The summed E-state index contributed by atoms with van der Waals surface area (Å²) in [5.74, 6) is 4.65. The topological polar surface area (TPSA) is 77.2 Å². The van der Waals surface area contributed by atoms with Gasteiger partial charge in [0.2, 0.25) is 5.88 Å². The monoisotopic (exact) mass is 277 g/mol. The first-order valence-corrected chi connectivity index (χ1v) is 6.10. The quantitative estimate of drug-likeness (QED) is 0.513. The smallest absolute Gasteiger partial charge is 0.270 e. The molecule has 0 bridgehead atoms. The summed E-state index contributed by atoms with van der Waals surface area (Å²) in [4.78, 5) is 15.4. The highest BCUT2D eigenvalue weighted by Crippen LogP contribution is 2.22. The molecule has 0 aliphatic rings. The van der Waals surface area contributed by atoms with E-state index in [0.29, 0.717) is 5.75 Å². The van der Waals surface area contributed by atoms with Crippen LogP contribution in [0.1, 0.15) is 24.2 Å². The van der Waals surface area contributed by atoms with Crippen LogP contribution in [0.15, 0.2) is 42.6 Å². The van der Waals surface area contributed by atoms with Crippen LogP contribution in [-0.2, 0) is 0 Å². The number of nitrogens with two attached hydrogens (primary N) is 1. The highest BCUT2D eigenvalue weighted by atomic mass is 19.1. The lowest BCUT2D eigenvalue weighted by Crippen LogP contribution is -2.30. The molecule has 1 amide bonds. The molecule has 2 rings (SSSR count). The largest absolute Gasteiger partial charge is 0.438 e. The van der Waals surface area contributed by atoms with Crippen LogP contribution in [0, 0.1) is 5.82 Å². The number of hydrogen-bond donors (Lipinski definition) is 2. The lowest BCUT2D eigenvalue weighted by Gasteiger charge is -2.08. The van der Waals surface area contributed by atoms with E-state index >= 15 is 0 Å². The average Bonchev–Trinajstić information content (AvgIpc) is 2.51. The summed E-state index contributed by atoms with van der Waals surface area (Å²) >= 11 is 0. The zero-order valence-corrected chi connectivity index (χ0v) is 11.3. The molecule has 0 aliphatic heterocycles. The SMILES string of the molecule is CC.NNC(=O)c1cccnc1Oc1ccc(F)cc1. The normalized spacial score (nSPS) is 9.20. The molecule has 0 fully saturated rings. The molecule has 0 radical (unpaired) electrons. The number of aromatic nitrogens is 1. The third kappa shape index (κ3) is 4.03. The number of rotatable bonds is 3. The number of hydrogen-bond acceptors (Lipinski definition) is 4. The Morgan fingerprint density at radius 3 is 2.50 bits per heavy atom. The summed E-state index contributed by atoms with van der Waals surface area (Å²) in [6, 6.07) is 8.49. The molecule has 0 unspecified atom stereocenters. The van der Waals surface area contributed by atoms with Gasteiger partial charge in [-0.15, -0.1) is 0 Å². The Morgan fingerprint density at radius 1 is 1.25 bits per heavy atom. The van der Waals surface area contributed by atoms with E-state index in [1.165, 1.54) is 36.5 Å². The molecule has 0 saturated heterocycles. The Balaban J connectivity index is 0.000000956. The molecule has 0 spiro atoms. The van der Waals surface area contributed by atoms with Gasteiger partial charge in [0.05, 0.1) is 0 Å². The van der Waals surface area contributed by atoms with Gasteiger partial charge in [0.15, 0.2) is 0 Å². The number of hydrazine groups is 1. The first-order valence-electron chi connectivity index (χ1n) is 6.10. The van der Waals surface area contributed by atoms with Gasteiger partial charge in [-0.25, -0.2) is 15.2 Å². The van der Waals surface area contributed by atoms with E-state index in [4.69, 9.17) is 10.6 Å². The average molecular weight is 277 g/mol. The molecule has 0 atom stereocenters. The lowest BCUT2D eigenvalue weighted by molar-refractivity contribution is 0.0950. The van der Waals surface area contributed by atoms with Crippen molar-refractivity contribution in [1.82, 2.24) is 10.4 Å². The minimum Gasteiger partial charge on any atom is -0.438 e. The van der Waals surface area contributed by atoms with Crippen molar-refractivity contribution >= 4 is 5.91 Å². The Hall–Kier alpha value is -2.47. The second kappa shape index (κ2) is 7.85. The Labute approximate surface area is 116 Å². The van der Waals surface area contributed by atoms with Crippen molar-refractivity contribution < 1.29 is 13.9 Å². The van der Waals surface area contributed by atoms with Crippen LogP contribution in [0.4, 0.5) is 4.39 Å². The van der Waals surface area contributed by atoms with Crippen molar-refractivity contribution in [3.8, 4) is 11.6 Å². The van der Waals surface area contributed by atoms with Crippen LogP contribution in [0.3, 0.4) is 0 Å². The van der Waals surface area contributed by atoms with Crippen LogP contribution >= 0.6 is 0 Å². The summed E-state index contributed by atoms with van der Waals surface area (Å²) < 4.78 is 18.1. The van der Waals surface area contributed by atoms with Gasteiger partial charge in [0.1, 0.15) is 17.1 Å². The molecule has 106 valence electrons. The van der Waals surface area contributed by atoms with E-state index in [9.17, 15) is 9.18 Å². The third-order valence-electron chi connectivity index (χ3n) is 2.18. The maximum atomic E-state index is 12.7. The van der Waals surface area contributed by atoms with E-state index in [2.05, 4.69) is 4.98 Å². The molecule has 6 heteroatoms. The lowest BCUT2D eigenvalue weighted by atomic mass is 10.2. The third-order valence-corrected chi connectivity index (χ3v) is 2.18. The van der Waals surface area contributed by atoms with Gasteiger partial charge in [-0.05, 0) is 36.4 Å². The zero-order valence-electron chi connectivity index (χ0n) is 11.3. The van der Waals surface area contributed by atoms with Gasteiger partial charge < -0.3 is 4.74 Å². The fourth-order valence-electron chi connectivity index (χ4n) is 1.34. The van der Waals surface area contributed by atoms with E-state index in [1.807, 2.05) is 19.3 Å². The molecule has 0 aliphatic carbocycles. The standard InChI is InChI=1S/C12H10FN3O2.C2H6/c13-8-3-5-9(6-4-8)18-12-10(11(17)16-14)2-1-7-15-12;1-2/h1-7H,14H2,(H,16,17);1-2H3. The van der Waals surface area contributed by atoms with Crippen LogP contribution in [0.5, 0.6) is 11.6 Å². The van der Waals surface area contributed by atoms with Gasteiger partial charge in [-0.1, -0.05) is 13.8 Å². The van der Waals surface area contributed by atoms with E-state index in [1.54, 1.807) is 6.07 Å². The molecular formula is C14H16FN3O2. The number of nitrogen functional groups attached to an aromatic ring is 1. The van der Waals surface area contributed by atoms with Crippen LogP contribution < -0.4 is 16.0 Å². The molecular weight excluding hydrogens is 261 g/mol. The summed E-state index contributed by atoms with van der Waals surface area (Å²) in [5.41, 5.74) is 2.20. The van der Waals surface area contributed by atoms with E-state index in [0.717, 1.165) is 0 Å². The highest BCUT2D eigenvalue weighted by molar-refractivity contribution is 5.95. The maximum Gasteiger partial charge on any atom is 0.270 e. The molecule has 1 heterocycles. The van der Waals surface area contributed by atoms with Gasteiger partial charge in [-0.2, -0.15) is 0 Å². The van der Waals surface area contributed by atoms with Crippen LogP contribution in [0.25, 0.3) is 0 Å². The Kier molecular flexibility index (Phi) is 6.12. The molecule has 5 nitrogen and oxygen atoms in total. The number of benzene rings is 1. The number of amides is 1. The molecule has 20 heavy (non-hydrogen) atoms. The summed E-state index contributed by atoms with van der Waals surface area (Å²) in [6.07, 6.45) is 1.48. The highest BCUT2D eigenvalue weighted by Gasteiger charge is 2.12. The van der Waals surface area contributed by atoms with E-state index in [-0.39, 0.29) is 17.3 Å². The van der Waals surface area contributed by atoms with Crippen molar-refractivity contribution in [2.75, 3.05) is 0 Å². The van der Waals surface area contributed by atoms with Crippen molar-refractivity contribution in [3.05, 3.63) is 54.0 Å². The molecule has 3 N–H and O–H groups in total. The fraction of sp³-hybridized carbons (Fsp3) is 0.143. The maximum absolute atomic E-state index is 12.7. The van der Waals surface area contributed by atoms with Crippen molar-refractivity contribution in [2.45, 2.75) is 13.8 Å². The molecule has 1 aromatic heterocycles. The number of carbonyl (C=O) groups excluding carboxylic acids is 1. The zero-order chi connectivity index (χ0) is 15.0. The predicted octanol–water partition coefficient (Wildman–Crippen LogP) is 2.64. The molecule has 0 saturated carbocycles.